The van der Waals surface area contributed by atoms with Crippen molar-refractivity contribution in [2.75, 3.05) is 20.6 Å². The molecule has 1 fully saturated rings. The first-order valence-corrected chi connectivity index (χ1v) is 8.70. The number of aromatic nitrogens is 1. The second kappa shape index (κ2) is 7.66. The minimum absolute atomic E-state index is 0.0847. The van der Waals surface area contributed by atoms with Gasteiger partial charge in [0.1, 0.15) is 6.04 Å². The summed E-state index contributed by atoms with van der Waals surface area (Å²) in [5.41, 5.74) is 3.15. The van der Waals surface area contributed by atoms with Crippen molar-refractivity contribution in [1.82, 2.24) is 14.8 Å². The van der Waals surface area contributed by atoms with Gasteiger partial charge >= 0.3 is 5.97 Å². The Morgan fingerprint density at radius 1 is 1.23 bits per heavy atom. The van der Waals surface area contributed by atoms with Crippen LogP contribution in [0.2, 0.25) is 0 Å². The molecule has 3 rings (SSSR count). The van der Waals surface area contributed by atoms with E-state index in [1.54, 1.807) is 32.4 Å². The lowest BCUT2D eigenvalue weighted by molar-refractivity contribution is -0.142. The fourth-order valence-electron chi connectivity index (χ4n) is 3.35. The van der Waals surface area contributed by atoms with E-state index in [1.807, 2.05) is 29.2 Å². The summed E-state index contributed by atoms with van der Waals surface area (Å²) in [5.74, 6) is -0.835. The highest BCUT2D eigenvalue weighted by molar-refractivity contribution is 5.99. The van der Waals surface area contributed by atoms with Crippen LogP contribution < -0.4 is 0 Å². The van der Waals surface area contributed by atoms with Crippen LogP contribution in [0.5, 0.6) is 0 Å². The molecular formula is C20H23N3O3. The molecule has 0 spiro atoms. The Hall–Kier alpha value is -2.73. The first-order valence-electron chi connectivity index (χ1n) is 8.70. The number of pyridine rings is 1. The van der Waals surface area contributed by atoms with Crippen LogP contribution in [0.25, 0.3) is 11.3 Å². The molecule has 1 aromatic heterocycles. The summed E-state index contributed by atoms with van der Waals surface area (Å²) in [7, 11) is 3.44. The van der Waals surface area contributed by atoms with E-state index in [0.717, 1.165) is 24.1 Å². The van der Waals surface area contributed by atoms with E-state index in [0.29, 0.717) is 24.2 Å². The lowest BCUT2D eigenvalue weighted by Crippen LogP contribution is -2.35. The molecule has 1 amide bonds. The Labute approximate surface area is 153 Å². The van der Waals surface area contributed by atoms with Crippen molar-refractivity contribution in [1.29, 1.82) is 0 Å². The third-order valence-corrected chi connectivity index (χ3v) is 4.71. The van der Waals surface area contributed by atoms with Crippen LogP contribution in [-0.2, 0) is 11.3 Å². The van der Waals surface area contributed by atoms with Gasteiger partial charge in [-0.05, 0) is 37.1 Å². The summed E-state index contributed by atoms with van der Waals surface area (Å²) >= 11 is 0. The highest BCUT2D eigenvalue weighted by atomic mass is 16.4. The number of hydrogen-bond donors (Lipinski definition) is 1. The van der Waals surface area contributed by atoms with Crippen LogP contribution in [-0.4, -0.2) is 58.4 Å². The fraction of sp³-hybridized carbons (Fsp3) is 0.350. The zero-order valence-corrected chi connectivity index (χ0v) is 15.1. The predicted octanol–water partition coefficient (Wildman–Crippen LogP) is 2.50. The standard InChI is InChI=1S/C20H23N3O3/c1-22(2)19(24)16-5-3-11-21-18(16)15-9-7-14(8-10-15)13-23-12-4-6-17(23)20(25)26/h3,5,7-11,17H,4,6,12-13H2,1-2H3,(H,25,26)/t17-/m0/s1. The fourth-order valence-corrected chi connectivity index (χ4v) is 3.35. The third-order valence-electron chi connectivity index (χ3n) is 4.71. The van der Waals surface area contributed by atoms with Crippen LogP contribution >= 0.6 is 0 Å². The van der Waals surface area contributed by atoms with Crippen LogP contribution in [0.4, 0.5) is 0 Å². The van der Waals surface area contributed by atoms with E-state index in [2.05, 4.69) is 4.98 Å². The highest BCUT2D eigenvalue weighted by Crippen LogP contribution is 2.24. The van der Waals surface area contributed by atoms with Crippen LogP contribution in [0.1, 0.15) is 28.8 Å². The molecule has 0 unspecified atom stereocenters. The van der Waals surface area contributed by atoms with Crippen molar-refractivity contribution in [2.24, 2.45) is 0 Å². The third kappa shape index (κ3) is 3.75. The van der Waals surface area contributed by atoms with Gasteiger partial charge in [0.15, 0.2) is 0 Å². The van der Waals surface area contributed by atoms with E-state index in [-0.39, 0.29) is 5.91 Å². The Morgan fingerprint density at radius 3 is 2.62 bits per heavy atom. The van der Waals surface area contributed by atoms with Crippen molar-refractivity contribution in [3.63, 3.8) is 0 Å². The number of carboxylic acid groups (broad SMARTS) is 1. The quantitative estimate of drug-likeness (QED) is 0.894. The monoisotopic (exact) mass is 353 g/mol. The number of aliphatic carboxylic acids is 1. The number of rotatable bonds is 5. The summed E-state index contributed by atoms with van der Waals surface area (Å²) in [6, 6.07) is 11.0. The molecule has 1 aromatic carbocycles. The van der Waals surface area contributed by atoms with Gasteiger partial charge < -0.3 is 10.0 Å². The smallest absolute Gasteiger partial charge is 0.320 e. The van der Waals surface area contributed by atoms with Crippen molar-refractivity contribution in [3.8, 4) is 11.3 Å². The summed E-state index contributed by atoms with van der Waals surface area (Å²) < 4.78 is 0. The molecule has 26 heavy (non-hydrogen) atoms. The van der Waals surface area contributed by atoms with Gasteiger partial charge in [0.2, 0.25) is 0 Å². The Bertz CT molecular complexity index is 802. The number of likely N-dealkylation sites (tertiary alicyclic amines) is 1. The Morgan fingerprint density at radius 2 is 1.96 bits per heavy atom. The maximum absolute atomic E-state index is 12.4. The van der Waals surface area contributed by atoms with Gasteiger partial charge in [-0.1, -0.05) is 24.3 Å². The second-order valence-electron chi connectivity index (χ2n) is 6.76. The number of carbonyl (C=O) groups excluding carboxylic acids is 1. The van der Waals surface area contributed by atoms with E-state index >= 15 is 0 Å². The van der Waals surface area contributed by atoms with Gasteiger partial charge in [0.05, 0.1) is 11.3 Å². The second-order valence-corrected chi connectivity index (χ2v) is 6.76. The van der Waals surface area contributed by atoms with E-state index < -0.39 is 12.0 Å². The topological polar surface area (TPSA) is 73.7 Å². The molecule has 0 bridgehead atoms. The number of hydrogen-bond acceptors (Lipinski definition) is 4. The molecular weight excluding hydrogens is 330 g/mol. The van der Waals surface area contributed by atoms with Crippen molar-refractivity contribution < 1.29 is 14.7 Å². The molecule has 1 aliphatic rings. The molecule has 0 radical (unpaired) electrons. The SMILES string of the molecule is CN(C)C(=O)c1cccnc1-c1ccc(CN2CCC[C@H]2C(=O)O)cc1. The summed E-state index contributed by atoms with van der Waals surface area (Å²) in [5, 5.41) is 9.30. The number of nitrogens with zero attached hydrogens (tertiary/aromatic N) is 3. The van der Waals surface area contributed by atoms with E-state index in [1.165, 1.54) is 4.90 Å². The minimum atomic E-state index is -0.751. The maximum atomic E-state index is 12.4. The van der Waals surface area contributed by atoms with Crippen molar-refractivity contribution in [3.05, 3.63) is 53.7 Å². The van der Waals surface area contributed by atoms with Gasteiger partial charge in [-0.15, -0.1) is 0 Å². The average molecular weight is 353 g/mol. The largest absolute Gasteiger partial charge is 0.480 e. The first kappa shape index (κ1) is 18.1. The van der Waals surface area contributed by atoms with Crippen LogP contribution in [0, 0.1) is 0 Å². The molecule has 6 nitrogen and oxygen atoms in total. The lowest BCUT2D eigenvalue weighted by atomic mass is 10.0. The average Bonchev–Trinajstić information content (AvgIpc) is 3.10. The first-order chi connectivity index (χ1) is 12.5. The number of carboxylic acids is 1. The molecule has 1 aliphatic heterocycles. The summed E-state index contributed by atoms with van der Waals surface area (Å²) in [6.45, 7) is 1.42. The maximum Gasteiger partial charge on any atom is 0.320 e. The Balaban J connectivity index is 1.81. The van der Waals surface area contributed by atoms with E-state index in [4.69, 9.17) is 0 Å². The molecule has 2 aromatic rings. The highest BCUT2D eigenvalue weighted by Gasteiger charge is 2.30. The molecule has 136 valence electrons. The van der Waals surface area contributed by atoms with Gasteiger partial charge in [0.25, 0.3) is 5.91 Å². The van der Waals surface area contributed by atoms with Crippen LogP contribution in [0.3, 0.4) is 0 Å². The molecule has 2 heterocycles. The van der Waals surface area contributed by atoms with Gasteiger partial charge in [-0.2, -0.15) is 0 Å². The van der Waals surface area contributed by atoms with Gasteiger partial charge in [-0.25, -0.2) is 0 Å². The Kier molecular flexibility index (Phi) is 5.32. The van der Waals surface area contributed by atoms with E-state index in [9.17, 15) is 14.7 Å². The van der Waals surface area contributed by atoms with Gasteiger partial charge in [0, 0.05) is 32.4 Å². The molecule has 1 atom stereocenters. The zero-order chi connectivity index (χ0) is 18.7. The molecule has 0 saturated carbocycles. The lowest BCUT2D eigenvalue weighted by Gasteiger charge is -2.21. The predicted molar refractivity (Wildman–Crippen MR) is 98.8 cm³/mol. The van der Waals surface area contributed by atoms with Crippen molar-refractivity contribution in [2.45, 2.75) is 25.4 Å². The number of amides is 1. The number of carbonyl (C=O) groups is 2. The minimum Gasteiger partial charge on any atom is -0.480 e. The molecule has 1 N–H and O–H groups in total. The molecule has 1 saturated heterocycles. The number of benzene rings is 1. The normalized spacial score (nSPS) is 17.2. The zero-order valence-electron chi connectivity index (χ0n) is 15.1. The van der Waals surface area contributed by atoms with Crippen LogP contribution in [0.15, 0.2) is 42.6 Å². The molecule has 6 heteroatoms. The summed E-state index contributed by atoms with van der Waals surface area (Å²) in [6.07, 6.45) is 3.30. The van der Waals surface area contributed by atoms with Gasteiger partial charge in [-0.3, -0.25) is 19.5 Å². The summed E-state index contributed by atoms with van der Waals surface area (Å²) in [4.78, 5) is 31.6. The molecule has 0 aliphatic carbocycles. The van der Waals surface area contributed by atoms with Crippen molar-refractivity contribution >= 4 is 11.9 Å².